The highest BCUT2D eigenvalue weighted by Crippen LogP contribution is 2.26. The molecule has 0 amide bonds. The smallest absolute Gasteiger partial charge is 0.308 e. The molecule has 2 rings (SSSR count). The van der Waals surface area contributed by atoms with Crippen LogP contribution in [0.4, 0.5) is 0 Å². The van der Waals surface area contributed by atoms with Crippen molar-refractivity contribution in [3.8, 4) is 0 Å². The van der Waals surface area contributed by atoms with E-state index < -0.39 is 16.0 Å². The predicted molar refractivity (Wildman–Crippen MR) is 88.7 cm³/mol. The number of esters is 1. The summed E-state index contributed by atoms with van der Waals surface area (Å²) in [5.74, 6) is -0.204. The van der Waals surface area contributed by atoms with E-state index >= 15 is 0 Å². The van der Waals surface area contributed by atoms with Crippen LogP contribution < -0.4 is 0 Å². The van der Waals surface area contributed by atoms with Crippen molar-refractivity contribution in [1.29, 1.82) is 0 Å². The molecule has 0 radical (unpaired) electrons. The average Bonchev–Trinajstić information content (AvgIpc) is 2.52. The molecule has 1 aliphatic rings. The second-order valence-electron chi connectivity index (χ2n) is 5.64. The summed E-state index contributed by atoms with van der Waals surface area (Å²) in [7, 11) is -3.80. The van der Waals surface area contributed by atoms with Gasteiger partial charge in [-0.2, -0.15) is 12.8 Å². The van der Waals surface area contributed by atoms with Gasteiger partial charge in [0.05, 0.1) is 11.1 Å². The zero-order valence-electron chi connectivity index (χ0n) is 13.4. The first-order valence-corrected chi connectivity index (χ1v) is 9.10. The molecule has 0 N–H and O–H groups in total. The zero-order chi connectivity index (χ0) is 16.9. The maximum atomic E-state index is 12.3. The Labute approximate surface area is 137 Å². The van der Waals surface area contributed by atoms with E-state index in [1.54, 1.807) is 12.1 Å². The Hall–Kier alpha value is -1.95. The highest BCUT2D eigenvalue weighted by molar-refractivity contribution is 7.90. The fraction of sp³-hybridized carbons (Fsp3) is 0.412. The maximum Gasteiger partial charge on any atom is 0.308 e. The number of allylic oxidation sites excluding steroid dienone is 2. The zero-order valence-corrected chi connectivity index (χ0v) is 14.2. The van der Waals surface area contributed by atoms with Crippen LogP contribution in [0.1, 0.15) is 44.6 Å². The molecule has 0 saturated heterocycles. The second-order valence-corrected chi connectivity index (χ2v) is 7.28. The van der Waals surface area contributed by atoms with Gasteiger partial charge in [-0.25, -0.2) is 0 Å². The monoisotopic (exact) mass is 335 g/mol. The fourth-order valence-electron chi connectivity index (χ4n) is 2.46. The molecule has 0 unspecified atom stereocenters. The lowest BCUT2D eigenvalue weighted by Crippen LogP contribution is -2.08. The highest BCUT2D eigenvalue weighted by Gasteiger charge is 2.16. The van der Waals surface area contributed by atoms with Crippen molar-refractivity contribution >= 4 is 22.2 Å². The van der Waals surface area contributed by atoms with Gasteiger partial charge in [0, 0.05) is 6.92 Å². The summed E-state index contributed by atoms with van der Waals surface area (Å²) in [6, 6.07) is 6.46. The van der Waals surface area contributed by atoms with Crippen LogP contribution in [0, 0.1) is 6.92 Å². The van der Waals surface area contributed by atoms with E-state index in [9.17, 15) is 13.2 Å². The summed E-state index contributed by atoms with van der Waals surface area (Å²) in [5, 5.41) is 0. The molecular weight excluding hydrogens is 314 g/mol. The SMILES string of the molecule is CC(=O)OC(/C=N\S(=O)(=O)c1ccc(C)cc1)=C1CCCCC1. The number of rotatable bonds is 4. The van der Waals surface area contributed by atoms with Gasteiger partial charge in [-0.15, -0.1) is 0 Å². The van der Waals surface area contributed by atoms with Gasteiger partial charge in [0.1, 0.15) is 5.76 Å². The summed E-state index contributed by atoms with van der Waals surface area (Å²) in [4.78, 5) is 11.4. The largest absolute Gasteiger partial charge is 0.425 e. The van der Waals surface area contributed by atoms with E-state index in [-0.39, 0.29) is 10.7 Å². The molecule has 0 heterocycles. The molecule has 0 aliphatic heterocycles. The van der Waals surface area contributed by atoms with Crippen LogP contribution in [0.25, 0.3) is 0 Å². The van der Waals surface area contributed by atoms with Crippen LogP contribution in [0.2, 0.25) is 0 Å². The number of carbonyl (C=O) groups excluding carboxylic acids is 1. The molecule has 1 saturated carbocycles. The lowest BCUT2D eigenvalue weighted by molar-refractivity contribution is -0.136. The van der Waals surface area contributed by atoms with E-state index in [0.29, 0.717) is 0 Å². The second kappa shape index (κ2) is 7.55. The summed E-state index contributed by atoms with van der Waals surface area (Å²) in [5.41, 5.74) is 1.92. The van der Waals surface area contributed by atoms with Gasteiger partial charge in [-0.3, -0.25) is 4.79 Å². The molecule has 1 aromatic carbocycles. The van der Waals surface area contributed by atoms with Crippen LogP contribution >= 0.6 is 0 Å². The minimum atomic E-state index is -3.80. The van der Waals surface area contributed by atoms with Gasteiger partial charge in [0.2, 0.25) is 0 Å². The van der Waals surface area contributed by atoms with E-state index in [1.807, 2.05) is 6.92 Å². The van der Waals surface area contributed by atoms with E-state index in [2.05, 4.69) is 4.40 Å². The molecular formula is C17H21NO4S. The Bertz CT molecular complexity index is 722. The number of hydrogen-bond acceptors (Lipinski definition) is 4. The standard InChI is InChI=1S/C17H21NO4S/c1-13-8-10-16(11-9-13)23(20,21)18-12-17(22-14(2)19)15-6-4-3-5-7-15/h8-12H,3-7H2,1-2H3/b18-12-. The topological polar surface area (TPSA) is 72.8 Å². The van der Waals surface area contributed by atoms with Gasteiger partial charge < -0.3 is 4.74 Å². The van der Waals surface area contributed by atoms with Crippen molar-refractivity contribution in [3.05, 3.63) is 41.2 Å². The molecule has 23 heavy (non-hydrogen) atoms. The normalized spacial score (nSPS) is 15.7. The average molecular weight is 335 g/mol. The third-order valence-electron chi connectivity index (χ3n) is 3.69. The van der Waals surface area contributed by atoms with Gasteiger partial charge in [-0.1, -0.05) is 24.1 Å². The lowest BCUT2D eigenvalue weighted by Gasteiger charge is -2.16. The van der Waals surface area contributed by atoms with Crippen molar-refractivity contribution in [2.45, 2.75) is 50.8 Å². The van der Waals surface area contributed by atoms with Crippen molar-refractivity contribution < 1.29 is 17.9 Å². The molecule has 1 fully saturated rings. The third-order valence-corrected chi connectivity index (χ3v) is 4.94. The first kappa shape index (κ1) is 17.4. The first-order chi connectivity index (χ1) is 10.9. The Morgan fingerprint density at radius 2 is 1.74 bits per heavy atom. The van der Waals surface area contributed by atoms with Crippen molar-refractivity contribution in [2.75, 3.05) is 0 Å². The van der Waals surface area contributed by atoms with Crippen molar-refractivity contribution in [2.24, 2.45) is 4.40 Å². The third kappa shape index (κ3) is 5.03. The number of ether oxygens (including phenoxy) is 1. The minimum absolute atomic E-state index is 0.121. The van der Waals surface area contributed by atoms with Crippen LogP contribution in [0.3, 0.4) is 0 Å². The maximum absolute atomic E-state index is 12.3. The first-order valence-electron chi connectivity index (χ1n) is 7.66. The van der Waals surface area contributed by atoms with Crippen molar-refractivity contribution in [3.63, 3.8) is 0 Å². The van der Waals surface area contributed by atoms with Crippen LogP contribution in [-0.4, -0.2) is 20.6 Å². The van der Waals surface area contributed by atoms with Crippen molar-refractivity contribution in [1.82, 2.24) is 0 Å². The predicted octanol–water partition coefficient (Wildman–Crippen LogP) is 3.54. The number of carbonyl (C=O) groups is 1. The summed E-state index contributed by atoms with van der Waals surface area (Å²) >= 11 is 0. The Balaban J connectivity index is 2.29. The molecule has 5 nitrogen and oxygen atoms in total. The quantitative estimate of drug-likeness (QED) is 0.479. The molecule has 1 aliphatic carbocycles. The number of hydrogen-bond donors (Lipinski definition) is 0. The summed E-state index contributed by atoms with van der Waals surface area (Å²) in [6.07, 6.45) is 5.93. The van der Waals surface area contributed by atoms with Crippen LogP contribution in [0.15, 0.2) is 44.9 Å². The molecule has 6 heteroatoms. The van der Waals surface area contributed by atoms with Gasteiger partial charge in [0.15, 0.2) is 0 Å². The van der Waals surface area contributed by atoms with E-state index in [1.165, 1.54) is 19.1 Å². The number of nitrogens with zero attached hydrogens (tertiary/aromatic N) is 1. The highest BCUT2D eigenvalue weighted by atomic mass is 32.2. The summed E-state index contributed by atoms with van der Waals surface area (Å²) < 4.78 is 33.4. The Morgan fingerprint density at radius 3 is 2.30 bits per heavy atom. The van der Waals surface area contributed by atoms with E-state index in [0.717, 1.165) is 49.5 Å². The Morgan fingerprint density at radius 1 is 1.13 bits per heavy atom. The number of benzene rings is 1. The van der Waals surface area contributed by atoms with Crippen LogP contribution in [0.5, 0.6) is 0 Å². The van der Waals surface area contributed by atoms with Gasteiger partial charge in [-0.05, 0) is 50.3 Å². The lowest BCUT2D eigenvalue weighted by atomic mass is 9.94. The molecule has 124 valence electrons. The number of aryl methyl sites for hydroxylation is 1. The molecule has 0 aromatic heterocycles. The Kier molecular flexibility index (Phi) is 5.71. The molecule has 0 atom stereocenters. The summed E-state index contributed by atoms with van der Waals surface area (Å²) in [6.45, 7) is 3.18. The minimum Gasteiger partial charge on any atom is -0.425 e. The van der Waals surface area contributed by atoms with Gasteiger partial charge >= 0.3 is 5.97 Å². The van der Waals surface area contributed by atoms with Crippen LogP contribution in [-0.2, 0) is 19.6 Å². The molecule has 0 spiro atoms. The fourth-order valence-corrected chi connectivity index (χ4v) is 3.29. The van der Waals surface area contributed by atoms with E-state index in [4.69, 9.17) is 4.74 Å². The molecule has 0 bridgehead atoms. The molecule has 1 aromatic rings. The van der Waals surface area contributed by atoms with Gasteiger partial charge in [0.25, 0.3) is 10.0 Å². The number of sulfonamides is 1.